The zero-order valence-electron chi connectivity index (χ0n) is 18.2. The number of nitrogens with one attached hydrogen (secondary N) is 1. The number of hydrogen-bond acceptors (Lipinski definition) is 6. The summed E-state index contributed by atoms with van der Waals surface area (Å²) in [6.07, 6.45) is 3.29. The van der Waals surface area contributed by atoms with Crippen LogP contribution < -0.4 is 5.32 Å². The summed E-state index contributed by atoms with van der Waals surface area (Å²) in [5.74, 6) is 1.06. The Morgan fingerprint density at radius 2 is 1.91 bits per heavy atom. The first-order valence-electron chi connectivity index (χ1n) is 10.8. The van der Waals surface area contributed by atoms with E-state index in [4.69, 9.17) is 13.8 Å². The molecular weight excluding hydrogens is 430 g/mol. The number of anilines is 1. The van der Waals surface area contributed by atoms with Crippen LogP contribution in [0.2, 0.25) is 0 Å². The van der Waals surface area contributed by atoms with Crippen LogP contribution in [0.15, 0.2) is 88.0 Å². The van der Waals surface area contributed by atoms with Crippen LogP contribution in [0.5, 0.6) is 0 Å². The van der Waals surface area contributed by atoms with Crippen LogP contribution in [-0.4, -0.2) is 25.7 Å². The zero-order chi connectivity index (χ0) is 23.1. The number of pyridine rings is 1. The first-order chi connectivity index (χ1) is 16.6. The number of carbonyl (C=O) groups excluding carboxylic acids is 1. The number of rotatable bonds is 5. The van der Waals surface area contributed by atoms with Crippen LogP contribution in [0, 0.1) is 6.92 Å². The number of aryl methyl sites for hydroxylation is 1. The molecule has 8 heteroatoms. The monoisotopic (exact) mass is 449 g/mol. The van der Waals surface area contributed by atoms with Crippen molar-refractivity contribution in [3.63, 3.8) is 0 Å². The van der Waals surface area contributed by atoms with Gasteiger partial charge in [0.1, 0.15) is 17.8 Å². The molecule has 1 N–H and O–H groups in total. The van der Waals surface area contributed by atoms with Gasteiger partial charge in [-0.1, -0.05) is 30.3 Å². The minimum absolute atomic E-state index is 0.262. The Labute approximate surface area is 193 Å². The Kier molecular flexibility index (Phi) is 4.69. The molecule has 0 aliphatic carbocycles. The Morgan fingerprint density at radius 3 is 2.74 bits per heavy atom. The quantitative estimate of drug-likeness (QED) is 0.376. The molecule has 6 aromatic rings. The lowest BCUT2D eigenvalue weighted by Crippen LogP contribution is -2.13. The summed E-state index contributed by atoms with van der Waals surface area (Å²) in [5.41, 5.74) is 4.65. The van der Waals surface area contributed by atoms with Crippen LogP contribution >= 0.6 is 0 Å². The van der Waals surface area contributed by atoms with E-state index in [1.54, 1.807) is 48.3 Å². The molecule has 34 heavy (non-hydrogen) atoms. The lowest BCUT2D eigenvalue weighted by Gasteiger charge is -2.10. The molecule has 4 aromatic heterocycles. The van der Waals surface area contributed by atoms with Crippen molar-refractivity contribution in [1.82, 2.24) is 19.7 Å². The first kappa shape index (κ1) is 19.9. The molecule has 0 aliphatic heterocycles. The molecule has 4 heterocycles. The fraction of sp³-hybridized carbons (Fsp3) is 0.0769. The number of aromatic nitrogens is 4. The Balaban J connectivity index is 1.43. The molecule has 0 radical (unpaired) electrons. The lowest BCUT2D eigenvalue weighted by atomic mass is 10.1. The van der Waals surface area contributed by atoms with Crippen molar-refractivity contribution in [2.45, 2.75) is 13.5 Å². The van der Waals surface area contributed by atoms with E-state index >= 15 is 0 Å². The van der Waals surface area contributed by atoms with Gasteiger partial charge < -0.3 is 14.2 Å². The van der Waals surface area contributed by atoms with Gasteiger partial charge in [0.05, 0.1) is 29.1 Å². The highest BCUT2D eigenvalue weighted by Crippen LogP contribution is 2.27. The third kappa shape index (κ3) is 3.61. The summed E-state index contributed by atoms with van der Waals surface area (Å²) in [6.45, 7) is 2.20. The van der Waals surface area contributed by atoms with Crippen molar-refractivity contribution in [2.75, 3.05) is 5.32 Å². The number of furan rings is 1. The molecule has 0 aliphatic rings. The van der Waals surface area contributed by atoms with E-state index < -0.39 is 0 Å². The molecule has 8 nitrogen and oxygen atoms in total. The average molecular weight is 449 g/mol. The van der Waals surface area contributed by atoms with Crippen LogP contribution in [0.25, 0.3) is 33.4 Å². The van der Waals surface area contributed by atoms with Crippen molar-refractivity contribution in [1.29, 1.82) is 0 Å². The molecule has 0 atom stereocenters. The number of fused-ring (bicyclic) bond motifs is 2. The predicted molar refractivity (Wildman–Crippen MR) is 127 cm³/mol. The Hall–Kier alpha value is -4.72. The van der Waals surface area contributed by atoms with Crippen molar-refractivity contribution < 1.29 is 13.6 Å². The number of oxazole rings is 1. The van der Waals surface area contributed by atoms with Gasteiger partial charge in [0, 0.05) is 18.2 Å². The second-order valence-electron chi connectivity index (χ2n) is 7.91. The van der Waals surface area contributed by atoms with Crippen molar-refractivity contribution in [2.24, 2.45) is 0 Å². The number of carbonyl (C=O) groups is 1. The summed E-state index contributed by atoms with van der Waals surface area (Å²) in [7, 11) is 0. The summed E-state index contributed by atoms with van der Waals surface area (Å²) in [4.78, 5) is 22.6. The summed E-state index contributed by atoms with van der Waals surface area (Å²) in [6, 6.07) is 20.6. The molecule has 0 fully saturated rings. The minimum Gasteiger partial charge on any atom is -0.467 e. The molecule has 2 aromatic carbocycles. The third-order valence-electron chi connectivity index (χ3n) is 5.56. The van der Waals surface area contributed by atoms with E-state index in [-0.39, 0.29) is 5.91 Å². The van der Waals surface area contributed by atoms with E-state index in [0.717, 1.165) is 11.3 Å². The maximum Gasteiger partial charge on any atom is 0.256 e. The van der Waals surface area contributed by atoms with Gasteiger partial charge in [-0.25, -0.2) is 14.6 Å². The van der Waals surface area contributed by atoms with Crippen molar-refractivity contribution in [3.8, 4) is 11.3 Å². The smallest absolute Gasteiger partial charge is 0.256 e. The summed E-state index contributed by atoms with van der Waals surface area (Å²) < 4.78 is 12.8. The van der Waals surface area contributed by atoms with Crippen LogP contribution in [0.4, 0.5) is 5.69 Å². The topological polar surface area (TPSA) is 99.0 Å². The highest BCUT2D eigenvalue weighted by atomic mass is 16.3. The highest BCUT2D eigenvalue weighted by molar-refractivity contribution is 6.13. The SMILES string of the molecule is Cc1nc2cc(NC(=O)c3cc(-c4ccccc4)nc4c3cnn4Cc3ccco3)ccc2o1. The maximum absolute atomic E-state index is 13.4. The second kappa shape index (κ2) is 8.00. The first-order valence-corrected chi connectivity index (χ1v) is 10.8. The van der Waals surface area contributed by atoms with Crippen LogP contribution in [0.3, 0.4) is 0 Å². The third-order valence-corrected chi connectivity index (χ3v) is 5.56. The molecule has 0 unspecified atom stereocenters. The fourth-order valence-corrected chi connectivity index (χ4v) is 3.98. The number of benzene rings is 2. The van der Waals surface area contributed by atoms with E-state index in [1.807, 2.05) is 42.5 Å². The lowest BCUT2D eigenvalue weighted by molar-refractivity contribution is 0.102. The predicted octanol–water partition coefficient (Wildman–Crippen LogP) is 5.44. The maximum atomic E-state index is 13.4. The Morgan fingerprint density at radius 1 is 1.03 bits per heavy atom. The van der Waals surface area contributed by atoms with Gasteiger partial charge in [0.25, 0.3) is 5.91 Å². The second-order valence-corrected chi connectivity index (χ2v) is 7.91. The van der Waals surface area contributed by atoms with Gasteiger partial charge in [-0.2, -0.15) is 5.10 Å². The van der Waals surface area contributed by atoms with Crippen molar-refractivity contribution >= 4 is 33.7 Å². The van der Waals surface area contributed by atoms with Gasteiger partial charge in [-0.3, -0.25) is 4.79 Å². The molecule has 1 amide bonds. The highest BCUT2D eigenvalue weighted by Gasteiger charge is 2.19. The fourth-order valence-electron chi connectivity index (χ4n) is 3.98. The van der Waals surface area contributed by atoms with Crippen LogP contribution in [0.1, 0.15) is 22.0 Å². The van der Waals surface area contributed by atoms with Crippen LogP contribution in [-0.2, 0) is 6.54 Å². The molecule has 0 saturated carbocycles. The molecule has 0 bridgehead atoms. The normalized spacial score (nSPS) is 11.3. The molecule has 0 saturated heterocycles. The van der Waals surface area contributed by atoms with Gasteiger partial charge in [-0.05, 0) is 36.4 Å². The minimum atomic E-state index is -0.262. The van der Waals surface area contributed by atoms with Gasteiger partial charge in [-0.15, -0.1) is 0 Å². The van der Waals surface area contributed by atoms with E-state index in [2.05, 4.69) is 15.4 Å². The molecule has 0 spiro atoms. The number of amides is 1. The van der Waals surface area contributed by atoms with E-state index in [9.17, 15) is 4.79 Å². The summed E-state index contributed by atoms with van der Waals surface area (Å²) in [5, 5.41) is 8.13. The molecule has 166 valence electrons. The molecule has 6 rings (SSSR count). The van der Waals surface area contributed by atoms with Gasteiger partial charge in [0.2, 0.25) is 0 Å². The standard InChI is InChI=1S/C26H19N5O3/c1-16-28-23-12-18(9-10-24(23)34-16)29-26(32)20-13-22(17-6-3-2-4-7-17)30-25-21(20)14-27-31(25)15-19-8-5-11-33-19/h2-14H,15H2,1H3,(H,29,32). The Bertz CT molecular complexity index is 1630. The van der Waals surface area contributed by atoms with Crippen molar-refractivity contribution in [3.05, 3.63) is 96.4 Å². The largest absolute Gasteiger partial charge is 0.467 e. The van der Waals surface area contributed by atoms with Gasteiger partial charge in [0.15, 0.2) is 17.1 Å². The van der Waals surface area contributed by atoms with E-state index in [0.29, 0.717) is 51.5 Å². The number of nitrogens with zero attached hydrogens (tertiary/aromatic N) is 4. The average Bonchev–Trinajstić information content (AvgIpc) is 3.59. The zero-order valence-corrected chi connectivity index (χ0v) is 18.2. The molecular formula is C26H19N5O3. The van der Waals surface area contributed by atoms with Gasteiger partial charge >= 0.3 is 0 Å². The van der Waals surface area contributed by atoms with E-state index in [1.165, 1.54) is 0 Å². The number of hydrogen-bond donors (Lipinski definition) is 1. The summed E-state index contributed by atoms with van der Waals surface area (Å²) >= 11 is 0.